The Hall–Kier alpha value is -2.31. The van der Waals surface area contributed by atoms with Gasteiger partial charge in [0.25, 0.3) is 0 Å². The van der Waals surface area contributed by atoms with Crippen molar-refractivity contribution in [3.63, 3.8) is 0 Å². The summed E-state index contributed by atoms with van der Waals surface area (Å²) in [5, 5.41) is 0. The Morgan fingerprint density at radius 1 is 1.17 bits per heavy atom. The predicted octanol–water partition coefficient (Wildman–Crippen LogP) is 1.45. The summed E-state index contributed by atoms with van der Waals surface area (Å²) in [7, 11) is 0. The van der Waals surface area contributed by atoms with Gasteiger partial charge in [0.2, 0.25) is 0 Å². The highest BCUT2D eigenvalue weighted by molar-refractivity contribution is 5.66. The molecule has 0 radical (unpaired) electrons. The standard InChI is InChI=1S/C11H13FN2O4/c1-6(17-10(13)15)9(18-11(14)16)7-4-2-3-5-8(7)12/h2-6,9H,1H3,(H2,13,15)(H2,14,16)/t6-,9+/m0/s1. The molecule has 2 amide bonds. The van der Waals surface area contributed by atoms with Crippen molar-refractivity contribution in [1.82, 2.24) is 0 Å². The maximum atomic E-state index is 13.6. The number of ether oxygens (including phenoxy) is 2. The van der Waals surface area contributed by atoms with E-state index in [1.54, 1.807) is 6.07 Å². The number of benzene rings is 1. The maximum Gasteiger partial charge on any atom is 0.405 e. The molecule has 0 saturated carbocycles. The van der Waals surface area contributed by atoms with Gasteiger partial charge in [-0.2, -0.15) is 0 Å². The zero-order chi connectivity index (χ0) is 13.7. The summed E-state index contributed by atoms with van der Waals surface area (Å²) in [5.74, 6) is -0.608. The molecule has 18 heavy (non-hydrogen) atoms. The second-order valence-electron chi connectivity index (χ2n) is 3.52. The number of hydrogen-bond acceptors (Lipinski definition) is 4. The summed E-state index contributed by atoms with van der Waals surface area (Å²) in [6.45, 7) is 1.41. The first-order valence-electron chi connectivity index (χ1n) is 5.08. The highest BCUT2D eigenvalue weighted by Crippen LogP contribution is 2.25. The van der Waals surface area contributed by atoms with E-state index in [4.69, 9.17) is 16.2 Å². The summed E-state index contributed by atoms with van der Waals surface area (Å²) in [4.78, 5) is 21.4. The maximum absolute atomic E-state index is 13.6. The van der Waals surface area contributed by atoms with Crippen LogP contribution in [0.15, 0.2) is 24.3 Å². The number of carbonyl (C=O) groups is 2. The number of halogens is 1. The van der Waals surface area contributed by atoms with Crippen LogP contribution < -0.4 is 11.5 Å². The van der Waals surface area contributed by atoms with E-state index in [1.807, 2.05) is 0 Å². The van der Waals surface area contributed by atoms with Crippen LogP contribution >= 0.6 is 0 Å². The molecule has 0 aliphatic heterocycles. The zero-order valence-electron chi connectivity index (χ0n) is 9.63. The number of rotatable bonds is 4. The van der Waals surface area contributed by atoms with Crippen molar-refractivity contribution in [1.29, 1.82) is 0 Å². The molecule has 1 aromatic carbocycles. The van der Waals surface area contributed by atoms with Crippen molar-refractivity contribution in [3.05, 3.63) is 35.6 Å². The Bertz CT molecular complexity index is 452. The summed E-state index contributed by atoms with van der Waals surface area (Å²) in [6.07, 6.45) is -4.29. The second-order valence-corrected chi connectivity index (χ2v) is 3.52. The fourth-order valence-electron chi connectivity index (χ4n) is 1.49. The highest BCUT2D eigenvalue weighted by atomic mass is 19.1. The van der Waals surface area contributed by atoms with E-state index >= 15 is 0 Å². The number of amides is 2. The van der Waals surface area contributed by atoms with Crippen LogP contribution in [0, 0.1) is 5.82 Å². The molecule has 0 bridgehead atoms. The summed E-state index contributed by atoms with van der Waals surface area (Å²) in [5.41, 5.74) is 9.79. The molecule has 0 unspecified atom stereocenters. The van der Waals surface area contributed by atoms with Crippen molar-refractivity contribution >= 4 is 12.2 Å². The van der Waals surface area contributed by atoms with E-state index in [-0.39, 0.29) is 5.56 Å². The van der Waals surface area contributed by atoms with Gasteiger partial charge in [0.1, 0.15) is 11.9 Å². The van der Waals surface area contributed by atoms with E-state index in [1.165, 1.54) is 25.1 Å². The van der Waals surface area contributed by atoms with Crippen LogP contribution in [0.4, 0.5) is 14.0 Å². The molecular weight excluding hydrogens is 243 g/mol. The molecule has 0 saturated heterocycles. The summed E-state index contributed by atoms with van der Waals surface area (Å²) < 4.78 is 23.0. The van der Waals surface area contributed by atoms with Gasteiger partial charge in [-0.05, 0) is 13.0 Å². The van der Waals surface area contributed by atoms with Gasteiger partial charge < -0.3 is 20.9 Å². The van der Waals surface area contributed by atoms with Crippen molar-refractivity contribution < 1.29 is 23.5 Å². The average molecular weight is 256 g/mol. The smallest absolute Gasteiger partial charge is 0.405 e. The molecule has 98 valence electrons. The Balaban J connectivity index is 3.01. The largest absolute Gasteiger partial charge is 0.442 e. The third-order valence-electron chi connectivity index (χ3n) is 2.18. The van der Waals surface area contributed by atoms with Gasteiger partial charge in [-0.1, -0.05) is 18.2 Å². The normalized spacial score (nSPS) is 13.4. The molecule has 4 N–H and O–H groups in total. The molecule has 7 heteroatoms. The number of hydrogen-bond donors (Lipinski definition) is 2. The molecule has 0 heterocycles. The SMILES string of the molecule is C[C@H](OC(N)=O)[C@@H](OC(N)=O)c1ccccc1F. The first kappa shape index (κ1) is 13.8. The fourth-order valence-corrected chi connectivity index (χ4v) is 1.49. The van der Waals surface area contributed by atoms with Crippen LogP contribution in [0.2, 0.25) is 0 Å². The molecule has 1 rings (SSSR count). The third kappa shape index (κ3) is 3.62. The predicted molar refractivity (Wildman–Crippen MR) is 59.9 cm³/mol. The molecule has 0 aromatic heterocycles. The Kier molecular flexibility index (Phi) is 4.47. The van der Waals surface area contributed by atoms with Gasteiger partial charge >= 0.3 is 12.2 Å². The van der Waals surface area contributed by atoms with E-state index in [0.29, 0.717) is 0 Å². The van der Waals surface area contributed by atoms with Crippen LogP contribution in [0.5, 0.6) is 0 Å². The second kappa shape index (κ2) is 5.85. The number of nitrogens with two attached hydrogens (primary N) is 2. The van der Waals surface area contributed by atoms with Gasteiger partial charge in [-0.15, -0.1) is 0 Å². The molecule has 0 fully saturated rings. The monoisotopic (exact) mass is 256 g/mol. The quantitative estimate of drug-likeness (QED) is 0.850. The highest BCUT2D eigenvalue weighted by Gasteiger charge is 2.27. The lowest BCUT2D eigenvalue weighted by molar-refractivity contribution is 0.00254. The Labute approximate surface area is 103 Å². The topological polar surface area (TPSA) is 105 Å². The summed E-state index contributed by atoms with van der Waals surface area (Å²) >= 11 is 0. The Morgan fingerprint density at radius 3 is 2.22 bits per heavy atom. The third-order valence-corrected chi connectivity index (χ3v) is 2.18. The summed E-state index contributed by atoms with van der Waals surface area (Å²) in [6, 6.07) is 5.60. The van der Waals surface area contributed by atoms with Crippen molar-refractivity contribution in [2.24, 2.45) is 11.5 Å². The fraction of sp³-hybridized carbons (Fsp3) is 0.273. The van der Waals surface area contributed by atoms with E-state index in [2.05, 4.69) is 4.74 Å². The van der Waals surface area contributed by atoms with E-state index < -0.39 is 30.2 Å². The molecule has 6 nitrogen and oxygen atoms in total. The Morgan fingerprint density at radius 2 is 1.72 bits per heavy atom. The van der Waals surface area contributed by atoms with Crippen LogP contribution in [-0.4, -0.2) is 18.3 Å². The van der Waals surface area contributed by atoms with Crippen molar-refractivity contribution in [3.8, 4) is 0 Å². The molecular formula is C11H13FN2O4. The van der Waals surface area contributed by atoms with Gasteiger partial charge in [-0.3, -0.25) is 0 Å². The molecule has 0 aliphatic carbocycles. The average Bonchev–Trinajstić information content (AvgIpc) is 2.25. The van der Waals surface area contributed by atoms with Crippen molar-refractivity contribution in [2.45, 2.75) is 19.1 Å². The van der Waals surface area contributed by atoms with E-state index in [9.17, 15) is 14.0 Å². The lowest BCUT2D eigenvalue weighted by Crippen LogP contribution is -2.31. The zero-order valence-corrected chi connectivity index (χ0v) is 9.63. The first-order chi connectivity index (χ1) is 8.41. The van der Waals surface area contributed by atoms with Crippen LogP contribution in [0.25, 0.3) is 0 Å². The minimum absolute atomic E-state index is 0.0463. The minimum Gasteiger partial charge on any atom is -0.442 e. The first-order valence-corrected chi connectivity index (χ1v) is 5.08. The number of primary amides is 2. The van der Waals surface area contributed by atoms with Gasteiger partial charge in [0.05, 0.1) is 0 Å². The van der Waals surface area contributed by atoms with Crippen LogP contribution in [0.1, 0.15) is 18.6 Å². The lowest BCUT2D eigenvalue weighted by atomic mass is 10.0. The lowest BCUT2D eigenvalue weighted by Gasteiger charge is -2.23. The molecule has 0 spiro atoms. The minimum atomic E-state index is -1.16. The van der Waals surface area contributed by atoms with Crippen molar-refractivity contribution in [2.75, 3.05) is 0 Å². The number of carbonyl (C=O) groups excluding carboxylic acids is 2. The van der Waals surface area contributed by atoms with Gasteiger partial charge in [-0.25, -0.2) is 14.0 Å². The van der Waals surface area contributed by atoms with Crippen LogP contribution in [-0.2, 0) is 9.47 Å². The molecule has 0 aliphatic rings. The molecule has 2 atom stereocenters. The van der Waals surface area contributed by atoms with Gasteiger partial charge in [0, 0.05) is 5.56 Å². The van der Waals surface area contributed by atoms with Gasteiger partial charge in [0.15, 0.2) is 6.10 Å². The van der Waals surface area contributed by atoms with Crippen LogP contribution in [0.3, 0.4) is 0 Å². The molecule has 1 aromatic rings. The van der Waals surface area contributed by atoms with E-state index in [0.717, 1.165) is 0 Å².